The van der Waals surface area contributed by atoms with E-state index in [0.29, 0.717) is 15.7 Å². The fourth-order valence-corrected chi connectivity index (χ4v) is 2.03. The lowest BCUT2D eigenvalue weighted by molar-refractivity contribution is 0.173. The van der Waals surface area contributed by atoms with Crippen molar-refractivity contribution in [2.45, 2.75) is 12.5 Å². The molecule has 1 heterocycles. The molecule has 0 aliphatic carbocycles. The summed E-state index contributed by atoms with van der Waals surface area (Å²) >= 11 is 3.13. The lowest BCUT2D eigenvalue weighted by Gasteiger charge is -2.11. The van der Waals surface area contributed by atoms with Gasteiger partial charge >= 0.3 is 0 Å². The number of aliphatic hydroxyl groups excluding tert-OH is 1. The highest BCUT2D eigenvalue weighted by Crippen LogP contribution is 2.25. The number of aliphatic hydroxyl groups is 1. The normalized spacial score (nSPS) is 12.4. The summed E-state index contributed by atoms with van der Waals surface area (Å²) in [4.78, 5) is 3.79. The molecule has 0 spiro atoms. The van der Waals surface area contributed by atoms with Gasteiger partial charge in [0.1, 0.15) is 11.6 Å². The van der Waals surface area contributed by atoms with E-state index in [-0.39, 0.29) is 12.2 Å². The summed E-state index contributed by atoms with van der Waals surface area (Å²) in [7, 11) is 0. The van der Waals surface area contributed by atoms with Gasteiger partial charge in [0.2, 0.25) is 0 Å². The number of nitrogens with zero attached hydrogens (tertiary/aromatic N) is 1. The highest BCUT2D eigenvalue weighted by Gasteiger charge is 2.13. The zero-order valence-electron chi connectivity index (χ0n) is 9.28. The summed E-state index contributed by atoms with van der Waals surface area (Å²) in [6.07, 6.45) is 0.347. The molecule has 0 amide bonds. The third-order valence-corrected chi connectivity index (χ3v) is 3.42. The van der Waals surface area contributed by atoms with E-state index in [2.05, 4.69) is 20.9 Å². The van der Waals surface area contributed by atoms with Gasteiger partial charge in [0, 0.05) is 6.42 Å². The Balaban J connectivity index is 2.18. The second-order valence-electron chi connectivity index (χ2n) is 3.83. The summed E-state index contributed by atoms with van der Waals surface area (Å²) in [5.41, 5.74) is 0.987. The SMILES string of the molecule is OC(Cc1cccc(F)c1Br)c1ccc(F)cn1. The molecule has 0 bridgehead atoms. The number of aromatic nitrogens is 1. The molecule has 5 heteroatoms. The van der Waals surface area contributed by atoms with Gasteiger partial charge in [-0.2, -0.15) is 0 Å². The molecule has 1 atom stereocenters. The van der Waals surface area contributed by atoms with Crippen molar-refractivity contribution < 1.29 is 13.9 Å². The average molecular weight is 314 g/mol. The zero-order valence-corrected chi connectivity index (χ0v) is 10.9. The Kier molecular flexibility index (Phi) is 4.04. The van der Waals surface area contributed by atoms with Crippen molar-refractivity contribution in [3.8, 4) is 0 Å². The van der Waals surface area contributed by atoms with Crippen LogP contribution in [-0.4, -0.2) is 10.1 Å². The molecule has 2 aromatic rings. The Morgan fingerprint density at radius 2 is 2.00 bits per heavy atom. The molecule has 1 aromatic carbocycles. The van der Waals surface area contributed by atoms with Crippen molar-refractivity contribution in [3.05, 3.63) is 63.9 Å². The Labute approximate surface area is 111 Å². The standard InChI is InChI=1S/C13H10BrF2NO/c14-13-8(2-1-3-10(13)16)6-12(18)11-5-4-9(15)7-17-11/h1-5,7,12,18H,6H2. The van der Waals surface area contributed by atoms with Gasteiger partial charge in [0.25, 0.3) is 0 Å². The molecule has 0 saturated heterocycles. The van der Waals surface area contributed by atoms with E-state index in [1.165, 1.54) is 18.2 Å². The predicted molar refractivity (Wildman–Crippen MR) is 67.0 cm³/mol. The van der Waals surface area contributed by atoms with Gasteiger partial charge in [-0.25, -0.2) is 8.78 Å². The highest BCUT2D eigenvalue weighted by molar-refractivity contribution is 9.10. The summed E-state index contributed by atoms with van der Waals surface area (Å²) in [5.74, 6) is -0.843. The lowest BCUT2D eigenvalue weighted by Crippen LogP contribution is -2.05. The van der Waals surface area contributed by atoms with Gasteiger partial charge in [-0.3, -0.25) is 4.98 Å². The van der Waals surface area contributed by atoms with Crippen LogP contribution < -0.4 is 0 Å². The molecule has 0 aliphatic rings. The van der Waals surface area contributed by atoms with Crippen LogP contribution in [0.3, 0.4) is 0 Å². The summed E-state index contributed by atoms with van der Waals surface area (Å²) in [6, 6.07) is 7.25. The van der Waals surface area contributed by atoms with E-state index in [4.69, 9.17) is 0 Å². The van der Waals surface area contributed by atoms with Crippen LogP contribution in [0.2, 0.25) is 0 Å². The van der Waals surface area contributed by atoms with E-state index in [1.807, 2.05) is 0 Å². The molecule has 1 unspecified atom stereocenters. The Bertz CT molecular complexity index is 545. The Hall–Kier alpha value is -1.33. The maximum atomic E-state index is 13.3. The van der Waals surface area contributed by atoms with Crippen molar-refractivity contribution in [2.75, 3.05) is 0 Å². The first kappa shape index (κ1) is 13.1. The van der Waals surface area contributed by atoms with Crippen LogP contribution in [0, 0.1) is 11.6 Å². The Morgan fingerprint density at radius 1 is 1.22 bits per heavy atom. The monoisotopic (exact) mass is 313 g/mol. The largest absolute Gasteiger partial charge is 0.386 e. The minimum absolute atomic E-state index is 0.205. The van der Waals surface area contributed by atoms with Gasteiger partial charge in [-0.15, -0.1) is 0 Å². The van der Waals surface area contributed by atoms with E-state index in [1.54, 1.807) is 12.1 Å². The highest BCUT2D eigenvalue weighted by atomic mass is 79.9. The molecular weight excluding hydrogens is 304 g/mol. The molecule has 0 aliphatic heterocycles. The van der Waals surface area contributed by atoms with Crippen molar-refractivity contribution in [3.63, 3.8) is 0 Å². The van der Waals surface area contributed by atoms with Crippen LogP contribution in [0.15, 0.2) is 41.0 Å². The van der Waals surface area contributed by atoms with Gasteiger partial charge in [0.05, 0.1) is 22.5 Å². The summed E-state index contributed by atoms with van der Waals surface area (Å²) in [6.45, 7) is 0. The molecule has 1 aromatic heterocycles. The van der Waals surface area contributed by atoms with Crippen molar-refractivity contribution in [2.24, 2.45) is 0 Å². The van der Waals surface area contributed by atoms with Crippen molar-refractivity contribution >= 4 is 15.9 Å². The molecule has 1 N–H and O–H groups in total. The summed E-state index contributed by atoms with van der Waals surface area (Å²) < 4.78 is 26.3. The second-order valence-corrected chi connectivity index (χ2v) is 4.63. The third kappa shape index (κ3) is 2.91. The third-order valence-electron chi connectivity index (χ3n) is 2.54. The van der Waals surface area contributed by atoms with E-state index >= 15 is 0 Å². The number of benzene rings is 1. The van der Waals surface area contributed by atoms with Crippen LogP contribution in [0.25, 0.3) is 0 Å². The minimum Gasteiger partial charge on any atom is -0.386 e. The van der Waals surface area contributed by atoms with E-state index < -0.39 is 11.9 Å². The zero-order chi connectivity index (χ0) is 13.1. The molecule has 0 radical (unpaired) electrons. The number of rotatable bonds is 3. The van der Waals surface area contributed by atoms with E-state index in [9.17, 15) is 13.9 Å². The number of hydrogen-bond donors (Lipinski definition) is 1. The molecule has 0 fully saturated rings. The van der Waals surface area contributed by atoms with Gasteiger partial charge in [0.15, 0.2) is 0 Å². The second kappa shape index (κ2) is 5.54. The van der Waals surface area contributed by atoms with Crippen LogP contribution in [-0.2, 0) is 6.42 Å². The predicted octanol–water partition coefficient (Wildman–Crippen LogP) is 3.40. The number of pyridine rings is 1. The first-order valence-electron chi connectivity index (χ1n) is 5.30. The fourth-order valence-electron chi connectivity index (χ4n) is 1.60. The maximum absolute atomic E-state index is 13.3. The van der Waals surface area contributed by atoms with Gasteiger partial charge in [-0.05, 0) is 39.7 Å². The van der Waals surface area contributed by atoms with E-state index in [0.717, 1.165) is 6.20 Å². The first-order chi connectivity index (χ1) is 8.58. The molecule has 2 nitrogen and oxygen atoms in total. The van der Waals surface area contributed by atoms with Crippen LogP contribution in [0.1, 0.15) is 17.4 Å². The maximum Gasteiger partial charge on any atom is 0.141 e. The smallest absolute Gasteiger partial charge is 0.141 e. The van der Waals surface area contributed by atoms with Crippen LogP contribution in [0.5, 0.6) is 0 Å². The molecule has 18 heavy (non-hydrogen) atoms. The average Bonchev–Trinajstić information content (AvgIpc) is 2.36. The van der Waals surface area contributed by atoms with Crippen molar-refractivity contribution in [1.82, 2.24) is 4.98 Å². The van der Waals surface area contributed by atoms with Crippen LogP contribution >= 0.6 is 15.9 Å². The molecular formula is C13H10BrF2NO. The van der Waals surface area contributed by atoms with Crippen LogP contribution in [0.4, 0.5) is 8.78 Å². The summed E-state index contributed by atoms with van der Waals surface area (Å²) in [5, 5.41) is 9.95. The minimum atomic E-state index is -0.899. The number of hydrogen-bond acceptors (Lipinski definition) is 2. The molecule has 94 valence electrons. The topological polar surface area (TPSA) is 33.1 Å². The Morgan fingerprint density at radius 3 is 2.67 bits per heavy atom. The molecule has 2 rings (SSSR count). The van der Waals surface area contributed by atoms with Gasteiger partial charge in [-0.1, -0.05) is 12.1 Å². The molecule has 0 saturated carbocycles. The number of halogens is 3. The lowest BCUT2D eigenvalue weighted by atomic mass is 10.1. The quantitative estimate of drug-likeness (QED) is 0.942. The van der Waals surface area contributed by atoms with Crippen molar-refractivity contribution in [1.29, 1.82) is 0 Å². The first-order valence-corrected chi connectivity index (χ1v) is 6.09. The van der Waals surface area contributed by atoms with Gasteiger partial charge < -0.3 is 5.11 Å². The fraction of sp³-hybridized carbons (Fsp3) is 0.154.